The van der Waals surface area contributed by atoms with Crippen molar-refractivity contribution in [3.05, 3.63) is 126 Å². The number of hydrogen-bond acceptors (Lipinski definition) is 5. The van der Waals surface area contributed by atoms with Crippen molar-refractivity contribution in [1.82, 2.24) is 10.2 Å². The van der Waals surface area contributed by atoms with E-state index in [1.807, 2.05) is 6.07 Å². The number of ether oxygens (including phenoxy) is 1. The minimum atomic E-state index is -4.39. The molecule has 0 aliphatic rings. The lowest BCUT2D eigenvalue weighted by Gasteiger charge is -2.34. The number of hydrogen-bond donors (Lipinski definition) is 1. The molecule has 2 amide bonds. The summed E-state index contributed by atoms with van der Waals surface area (Å²) >= 11 is 0. The molecule has 0 radical (unpaired) electrons. The molecule has 0 saturated heterocycles. The van der Waals surface area contributed by atoms with Crippen molar-refractivity contribution in [2.45, 2.75) is 37.8 Å². The molecule has 4 aromatic carbocycles. The Bertz CT molecular complexity index is 1690. The number of amides is 2. The second-order valence-corrected chi connectivity index (χ2v) is 12.0. The van der Waals surface area contributed by atoms with Gasteiger partial charge in [-0.3, -0.25) is 13.9 Å². The number of nitrogens with one attached hydrogen (secondary N) is 1. The van der Waals surface area contributed by atoms with Gasteiger partial charge in [0.1, 0.15) is 30.0 Å². The van der Waals surface area contributed by atoms with Gasteiger partial charge in [-0.25, -0.2) is 17.2 Å². The number of carbonyl (C=O) groups excluding carboxylic acids is 2. The highest BCUT2D eigenvalue weighted by Gasteiger charge is 2.35. The summed E-state index contributed by atoms with van der Waals surface area (Å²) in [7, 11) is -4.39. The molecule has 0 bridgehead atoms. The van der Waals surface area contributed by atoms with Crippen molar-refractivity contribution >= 4 is 27.5 Å². The predicted molar refractivity (Wildman–Crippen MR) is 168 cm³/mol. The molecule has 4 rings (SSSR count). The molecule has 1 atom stereocenters. The van der Waals surface area contributed by atoms with Gasteiger partial charge >= 0.3 is 0 Å². The number of halogens is 2. The molecule has 0 heterocycles. The van der Waals surface area contributed by atoms with Gasteiger partial charge in [-0.1, -0.05) is 48.5 Å². The monoisotopic (exact) mass is 635 g/mol. The Hall–Kier alpha value is -4.77. The summed E-state index contributed by atoms with van der Waals surface area (Å²) in [5.74, 6) is -1.95. The van der Waals surface area contributed by atoms with Crippen LogP contribution in [-0.4, -0.2) is 50.9 Å². The van der Waals surface area contributed by atoms with Crippen LogP contribution >= 0.6 is 0 Å². The lowest BCUT2D eigenvalue weighted by Crippen LogP contribution is -2.53. The minimum Gasteiger partial charge on any atom is -0.494 e. The zero-order valence-electron chi connectivity index (χ0n) is 25.0. The van der Waals surface area contributed by atoms with Crippen LogP contribution in [0.15, 0.2) is 108 Å². The maximum Gasteiger partial charge on any atom is 0.264 e. The summed E-state index contributed by atoms with van der Waals surface area (Å²) in [4.78, 5) is 28.8. The predicted octanol–water partition coefficient (Wildman–Crippen LogP) is 5.34. The summed E-state index contributed by atoms with van der Waals surface area (Å²) in [6.45, 7) is 3.14. The van der Waals surface area contributed by atoms with Gasteiger partial charge in [0.05, 0.1) is 17.2 Å². The Morgan fingerprint density at radius 2 is 1.49 bits per heavy atom. The zero-order chi connectivity index (χ0) is 32.4. The van der Waals surface area contributed by atoms with Crippen molar-refractivity contribution in [3.63, 3.8) is 0 Å². The van der Waals surface area contributed by atoms with E-state index in [-0.39, 0.29) is 35.7 Å². The molecule has 0 aliphatic carbocycles. The number of benzene rings is 4. The molecule has 11 heteroatoms. The van der Waals surface area contributed by atoms with Gasteiger partial charge in [0.15, 0.2) is 0 Å². The highest BCUT2D eigenvalue weighted by atomic mass is 32.2. The topological polar surface area (TPSA) is 96.0 Å². The molecule has 0 aliphatic heterocycles. The Balaban J connectivity index is 1.79. The highest BCUT2D eigenvalue weighted by molar-refractivity contribution is 7.92. The Labute approximate surface area is 262 Å². The molecule has 45 heavy (non-hydrogen) atoms. The van der Waals surface area contributed by atoms with E-state index in [4.69, 9.17) is 4.74 Å². The van der Waals surface area contributed by atoms with Gasteiger partial charge in [-0.15, -0.1) is 0 Å². The van der Waals surface area contributed by atoms with Gasteiger partial charge in [-0.2, -0.15) is 0 Å². The van der Waals surface area contributed by atoms with Crippen LogP contribution in [-0.2, 0) is 32.6 Å². The van der Waals surface area contributed by atoms with Gasteiger partial charge in [0.2, 0.25) is 11.8 Å². The molecule has 4 aromatic rings. The van der Waals surface area contributed by atoms with Crippen molar-refractivity contribution in [3.8, 4) is 5.75 Å². The van der Waals surface area contributed by atoms with Crippen LogP contribution in [0.4, 0.5) is 14.5 Å². The molecular formula is C34H35F2N3O5S. The van der Waals surface area contributed by atoms with E-state index in [1.165, 1.54) is 59.5 Å². The second kappa shape index (κ2) is 15.3. The fourth-order valence-electron chi connectivity index (χ4n) is 4.79. The molecule has 8 nitrogen and oxygen atoms in total. The number of rotatable bonds is 14. The second-order valence-electron chi connectivity index (χ2n) is 10.1. The van der Waals surface area contributed by atoms with Gasteiger partial charge < -0.3 is 15.0 Å². The number of nitrogens with zero attached hydrogens (tertiary/aromatic N) is 2. The summed E-state index contributed by atoms with van der Waals surface area (Å²) < 4.78 is 63.2. The maximum absolute atomic E-state index is 14.9. The SMILES string of the molecule is CCNC(=O)[C@H](Cc1ccccc1)N(Cc1ccccc1F)C(=O)CN(c1ccc(F)cc1)S(=O)(=O)c1ccc(OCC)cc1. The first-order valence-corrected chi connectivity index (χ1v) is 15.9. The van der Waals surface area contributed by atoms with Gasteiger partial charge in [0, 0.05) is 25.1 Å². The first kappa shape index (κ1) is 33.1. The van der Waals surface area contributed by atoms with Crippen LogP contribution in [0.1, 0.15) is 25.0 Å². The van der Waals surface area contributed by atoms with Crippen LogP contribution < -0.4 is 14.4 Å². The van der Waals surface area contributed by atoms with E-state index in [9.17, 15) is 26.8 Å². The number of likely N-dealkylation sites (N-methyl/N-ethyl adjacent to an activating group) is 1. The summed E-state index contributed by atoms with van der Waals surface area (Å²) in [6, 6.07) is 24.2. The van der Waals surface area contributed by atoms with E-state index < -0.39 is 46.1 Å². The number of anilines is 1. The third kappa shape index (κ3) is 8.45. The zero-order valence-corrected chi connectivity index (χ0v) is 25.8. The Morgan fingerprint density at radius 1 is 0.844 bits per heavy atom. The van der Waals surface area contributed by atoms with Crippen LogP contribution in [0.2, 0.25) is 0 Å². The lowest BCUT2D eigenvalue weighted by molar-refractivity contribution is -0.140. The van der Waals surface area contributed by atoms with Crippen molar-refractivity contribution < 1.29 is 31.5 Å². The van der Waals surface area contributed by atoms with E-state index in [0.717, 1.165) is 22.0 Å². The van der Waals surface area contributed by atoms with E-state index in [1.54, 1.807) is 44.2 Å². The van der Waals surface area contributed by atoms with Crippen LogP contribution in [0.5, 0.6) is 5.75 Å². The third-order valence-corrected chi connectivity index (χ3v) is 8.82. The average Bonchev–Trinajstić information content (AvgIpc) is 3.04. The number of sulfonamides is 1. The molecule has 1 N–H and O–H groups in total. The smallest absolute Gasteiger partial charge is 0.264 e. The quantitative estimate of drug-likeness (QED) is 0.202. The van der Waals surface area contributed by atoms with Crippen molar-refractivity contribution in [2.24, 2.45) is 0 Å². The van der Waals surface area contributed by atoms with Gasteiger partial charge in [-0.05, 0) is 74.0 Å². The first-order chi connectivity index (χ1) is 21.6. The normalized spacial score (nSPS) is 11.8. The molecular weight excluding hydrogens is 600 g/mol. The van der Waals surface area contributed by atoms with Crippen molar-refractivity contribution in [2.75, 3.05) is 24.0 Å². The standard InChI is InChI=1S/C34H35F2N3O5S/c1-3-37-34(41)32(22-25-10-6-5-7-11-25)38(23-26-12-8-9-13-31(26)36)33(40)24-39(28-16-14-27(35)15-17-28)45(42,43)30-20-18-29(19-21-30)44-4-2/h5-21,32H,3-4,22-24H2,1-2H3,(H,37,41)/t32-/m0/s1. The van der Waals surface area contributed by atoms with Crippen molar-refractivity contribution in [1.29, 1.82) is 0 Å². The Morgan fingerprint density at radius 3 is 2.11 bits per heavy atom. The molecule has 0 aromatic heterocycles. The van der Waals surface area contributed by atoms with E-state index in [2.05, 4.69) is 5.32 Å². The van der Waals surface area contributed by atoms with Crippen LogP contribution in [0.25, 0.3) is 0 Å². The summed E-state index contributed by atoms with van der Waals surface area (Å²) in [6.07, 6.45) is 0.0923. The molecule has 0 unspecified atom stereocenters. The summed E-state index contributed by atoms with van der Waals surface area (Å²) in [5.41, 5.74) is 0.926. The van der Waals surface area contributed by atoms with Gasteiger partial charge in [0.25, 0.3) is 10.0 Å². The van der Waals surface area contributed by atoms with E-state index >= 15 is 0 Å². The third-order valence-electron chi connectivity index (χ3n) is 7.04. The maximum atomic E-state index is 14.9. The fourth-order valence-corrected chi connectivity index (χ4v) is 6.21. The average molecular weight is 636 g/mol. The lowest BCUT2D eigenvalue weighted by atomic mass is 10.0. The van der Waals surface area contributed by atoms with Crippen LogP contribution in [0.3, 0.4) is 0 Å². The number of carbonyl (C=O) groups is 2. The highest BCUT2D eigenvalue weighted by Crippen LogP contribution is 2.27. The summed E-state index contributed by atoms with van der Waals surface area (Å²) in [5, 5.41) is 2.75. The van der Waals surface area contributed by atoms with E-state index in [0.29, 0.717) is 12.4 Å². The van der Waals surface area contributed by atoms with Crippen LogP contribution in [0, 0.1) is 11.6 Å². The largest absolute Gasteiger partial charge is 0.494 e. The molecule has 236 valence electrons. The Kier molecular flexibility index (Phi) is 11.3. The molecule has 0 saturated carbocycles. The minimum absolute atomic E-state index is 0.0297. The first-order valence-electron chi connectivity index (χ1n) is 14.5. The molecule has 0 spiro atoms. The fraction of sp³-hybridized carbons (Fsp3) is 0.235. The molecule has 0 fully saturated rings.